The molecule has 0 amide bonds. The molecule has 0 atom stereocenters. The van der Waals surface area contributed by atoms with E-state index in [9.17, 15) is 23.3 Å². The van der Waals surface area contributed by atoms with E-state index in [4.69, 9.17) is 4.74 Å². The normalized spacial score (nSPS) is 11.7. The summed E-state index contributed by atoms with van der Waals surface area (Å²) in [4.78, 5) is 14.8. The zero-order chi connectivity index (χ0) is 22.8. The summed E-state index contributed by atoms with van der Waals surface area (Å²) in [5.41, 5.74) is 1.83. The molecule has 3 aromatic carbocycles. The van der Waals surface area contributed by atoms with Crippen molar-refractivity contribution < 1.29 is 22.8 Å². The van der Waals surface area contributed by atoms with Gasteiger partial charge in [-0.15, -0.1) is 0 Å². The van der Waals surface area contributed by atoms with Crippen LogP contribution in [-0.2, 0) is 6.18 Å². The van der Waals surface area contributed by atoms with E-state index in [2.05, 4.69) is 20.9 Å². The van der Waals surface area contributed by atoms with Crippen LogP contribution >= 0.6 is 15.9 Å². The van der Waals surface area contributed by atoms with Gasteiger partial charge in [0, 0.05) is 12.3 Å². The summed E-state index contributed by atoms with van der Waals surface area (Å²) in [5.74, 6) is -0.0816. The lowest BCUT2D eigenvalue weighted by Gasteiger charge is -2.11. The van der Waals surface area contributed by atoms with E-state index in [0.717, 1.165) is 34.5 Å². The molecule has 31 heavy (non-hydrogen) atoms. The molecule has 0 aliphatic heterocycles. The molecular weight excluding hydrogens is 477 g/mol. The molecule has 0 unspecified atom stereocenters. The highest BCUT2D eigenvalue weighted by molar-refractivity contribution is 9.10. The molecule has 0 heterocycles. The molecule has 9 heteroatoms. The lowest BCUT2D eigenvalue weighted by molar-refractivity contribution is -0.385. The minimum absolute atomic E-state index is 0.214. The average Bonchev–Trinajstić information content (AvgIpc) is 2.68. The topological polar surface area (TPSA) is 64.7 Å². The Labute approximate surface area is 184 Å². The second-order valence-electron chi connectivity index (χ2n) is 6.78. The van der Waals surface area contributed by atoms with Crippen molar-refractivity contribution in [1.29, 1.82) is 0 Å². The van der Waals surface area contributed by atoms with Gasteiger partial charge in [-0.2, -0.15) is 13.2 Å². The molecule has 0 aromatic heterocycles. The number of nitro benzene ring substituents is 1. The Balaban J connectivity index is 1.85. The summed E-state index contributed by atoms with van der Waals surface area (Å²) in [6, 6.07) is 13.0. The largest absolute Gasteiger partial charge is 0.449 e. The Morgan fingerprint density at radius 2 is 1.74 bits per heavy atom. The fourth-order valence-electron chi connectivity index (χ4n) is 2.82. The van der Waals surface area contributed by atoms with Gasteiger partial charge in [-0.25, -0.2) is 0 Å². The van der Waals surface area contributed by atoms with Crippen molar-refractivity contribution in [3.8, 4) is 11.5 Å². The Morgan fingerprint density at radius 1 is 1.03 bits per heavy atom. The molecule has 0 radical (unpaired) electrons. The first-order valence-corrected chi connectivity index (χ1v) is 9.78. The third-order valence-corrected chi connectivity index (χ3v) is 4.98. The summed E-state index contributed by atoms with van der Waals surface area (Å²) in [6.07, 6.45) is -3.03. The minimum atomic E-state index is -4.69. The van der Waals surface area contributed by atoms with Crippen LogP contribution in [0.1, 0.15) is 22.3 Å². The number of halogens is 4. The number of nitro groups is 1. The van der Waals surface area contributed by atoms with E-state index in [0.29, 0.717) is 10.5 Å². The third-order valence-electron chi connectivity index (χ3n) is 4.36. The fraction of sp³-hybridized carbons (Fsp3) is 0.136. The lowest BCUT2D eigenvalue weighted by atomic mass is 10.1. The van der Waals surface area contributed by atoms with Gasteiger partial charge in [-0.3, -0.25) is 15.1 Å². The van der Waals surface area contributed by atoms with Crippen molar-refractivity contribution in [3.05, 3.63) is 91.4 Å². The second kappa shape index (κ2) is 8.89. The van der Waals surface area contributed by atoms with Gasteiger partial charge in [-0.1, -0.05) is 17.7 Å². The van der Waals surface area contributed by atoms with Gasteiger partial charge in [0.15, 0.2) is 0 Å². The number of aliphatic imine (C=N–C) groups is 1. The third kappa shape index (κ3) is 5.49. The van der Waals surface area contributed by atoms with Gasteiger partial charge in [0.2, 0.25) is 5.75 Å². The molecule has 0 aliphatic rings. The predicted octanol–water partition coefficient (Wildman–Crippen LogP) is 7.54. The summed E-state index contributed by atoms with van der Waals surface area (Å²) >= 11 is 3.33. The van der Waals surface area contributed by atoms with Crippen molar-refractivity contribution in [2.75, 3.05) is 0 Å². The van der Waals surface area contributed by atoms with Gasteiger partial charge in [-0.05, 0) is 77.3 Å². The van der Waals surface area contributed by atoms with Crippen LogP contribution in [0.15, 0.2) is 64.1 Å². The smallest absolute Gasteiger partial charge is 0.416 e. The maximum absolute atomic E-state index is 12.9. The van der Waals surface area contributed by atoms with Crippen LogP contribution in [0.25, 0.3) is 0 Å². The number of hydrogen-bond donors (Lipinski definition) is 0. The average molecular weight is 493 g/mol. The van der Waals surface area contributed by atoms with Gasteiger partial charge in [0.25, 0.3) is 0 Å². The van der Waals surface area contributed by atoms with Crippen molar-refractivity contribution in [1.82, 2.24) is 0 Å². The molecule has 0 fully saturated rings. The van der Waals surface area contributed by atoms with Crippen LogP contribution in [-0.4, -0.2) is 11.1 Å². The van der Waals surface area contributed by atoms with Gasteiger partial charge >= 0.3 is 11.9 Å². The van der Waals surface area contributed by atoms with Crippen molar-refractivity contribution in [2.45, 2.75) is 20.0 Å². The molecular formula is C22H16BrF3N2O3. The van der Waals surface area contributed by atoms with Crippen LogP contribution in [0.4, 0.5) is 24.5 Å². The van der Waals surface area contributed by atoms with Crippen LogP contribution < -0.4 is 4.74 Å². The molecule has 0 spiro atoms. The molecule has 0 saturated heterocycles. The van der Waals surface area contributed by atoms with E-state index >= 15 is 0 Å². The van der Waals surface area contributed by atoms with Crippen molar-refractivity contribution in [2.24, 2.45) is 4.99 Å². The summed E-state index contributed by atoms with van der Waals surface area (Å²) in [6.45, 7) is 3.96. The van der Waals surface area contributed by atoms with E-state index in [-0.39, 0.29) is 11.5 Å². The predicted molar refractivity (Wildman–Crippen MR) is 115 cm³/mol. The highest BCUT2D eigenvalue weighted by Gasteiger charge is 2.33. The number of ether oxygens (including phenoxy) is 1. The monoisotopic (exact) mass is 492 g/mol. The Hall–Kier alpha value is -3.20. The van der Waals surface area contributed by atoms with E-state index < -0.39 is 22.4 Å². The molecule has 0 saturated carbocycles. The molecule has 5 nitrogen and oxygen atoms in total. The number of hydrogen-bond acceptors (Lipinski definition) is 4. The first-order valence-electron chi connectivity index (χ1n) is 8.99. The summed E-state index contributed by atoms with van der Waals surface area (Å²) in [5, 5.41) is 11.2. The maximum atomic E-state index is 12.9. The zero-order valence-corrected chi connectivity index (χ0v) is 18.0. The standard InChI is InChI=1S/C22H16BrF3N2O3/c1-13-3-6-18(14(2)9-13)27-12-15-4-7-20(17(23)10-15)31-21-8-5-16(22(24,25)26)11-19(21)28(29)30/h3-12H,1-2H3. The fourth-order valence-corrected chi connectivity index (χ4v) is 3.29. The van der Waals surface area contributed by atoms with E-state index in [1.54, 1.807) is 24.4 Å². The van der Waals surface area contributed by atoms with Crippen LogP contribution in [0.5, 0.6) is 11.5 Å². The first kappa shape index (κ1) is 22.5. The Kier molecular flexibility index (Phi) is 6.45. The Bertz CT molecular complexity index is 1180. The van der Waals surface area contributed by atoms with Crippen LogP contribution in [0.2, 0.25) is 0 Å². The molecule has 160 valence electrons. The van der Waals surface area contributed by atoms with Crippen molar-refractivity contribution >= 4 is 33.5 Å². The molecule has 3 rings (SSSR count). The Morgan fingerprint density at radius 3 is 2.35 bits per heavy atom. The molecule has 0 aliphatic carbocycles. The SMILES string of the molecule is Cc1ccc(N=Cc2ccc(Oc3ccc(C(F)(F)F)cc3[N+](=O)[O-])c(Br)c2)c(C)c1. The van der Waals surface area contributed by atoms with Gasteiger partial charge < -0.3 is 4.74 Å². The quantitative estimate of drug-likeness (QED) is 0.210. The number of nitrogens with zero attached hydrogens (tertiary/aromatic N) is 2. The van der Waals surface area contributed by atoms with Crippen LogP contribution in [0.3, 0.4) is 0 Å². The molecule has 3 aromatic rings. The van der Waals surface area contributed by atoms with Gasteiger partial charge in [0.1, 0.15) is 5.75 Å². The van der Waals surface area contributed by atoms with E-state index in [1.165, 1.54) is 0 Å². The maximum Gasteiger partial charge on any atom is 0.416 e. The summed E-state index contributed by atoms with van der Waals surface area (Å²) in [7, 11) is 0. The van der Waals surface area contributed by atoms with E-state index in [1.807, 2.05) is 32.0 Å². The number of benzene rings is 3. The van der Waals surface area contributed by atoms with Crippen molar-refractivity contribution in [3.63, 3.8) is 0 Å². The zero-order valence-electron chi connectivity index (χ0n) is 16.4. The minimum Gasteiger partial charge on any atom is -0.449 e. The van der Waals surface area contributed by atoms with Crippen LogP contribution in [0, 0.1) is 24.0 Å². The highest BCUT2D eigenvalue weighted by Crippen LogP contribution is 2.39. The number of aryl methyl sites for hydroxylation is 2. The second-order valence-corrected chi connectivity index (χ2v) is 7.63. The highest BCUT2D eigenvalue weighted by atomic mass is 79.9. The first-order chi connectivity index (χ1) is 14.5. The molecule has 0 N–H and O–H groups in total. The molecule has 0 bridgehead atoms. The number of rotatable bonds is 5. The lowest BCUT2D eigenvalue weighted by Crippen LogP contribution is -2.06. The number of alkyl halides is 3. The summed E-state index contributed by atoms with van der Waals surface area (Å²) < 4.78 is 44.5. The van der Waals surface area contributed by atoms with Gasteiger partial charge in [0.05, 0.1) is 20.6 Å².